The third kappa shape index (κ3) is 5.38. The highest BCUT2D eigenvalue weighted by atomic mass is 16.4. The Bertz CT molecular complexity index is 1430. The molecule has 0 radical (unpaired) electrons. The number of aryl methyl sites for hydroxylation is 2. The number of rotatable bonds is 8. The zero-order chi connectivity index (χ0) is 25.8. The standard InChI is InChI=1S/C31H31N3O3/c1-34(28-16-9-13-21-10-5-6-14-24(21)28)31(37)23-18-19-25-27(20-23)32-26(15-7-8-17-29(35)36)30(33-25)22-11-3-2-4-12-22/h2-6,10-12,14,18-20,28H,7-9,13,15-17H2,1H3,(H,35,36). The van der Waals surface area contributed by atoms with Gasteiger partial charge in [-0.05, 0) is 67.9 Å². The van der Waals surface area contributed by atoms with Gasteiger partial charge in [-0.2, -0.15) is 0 Å². The van der Waals surface area contributed by atoms with E-state index in [1.54, 1.807) is 0 Å². The Kier molecular flexibility index (Phi) is 7.26. The fraction of sp³-hybridized carbons (Fsp3) is 0.290. The number of carbonyl (C=O) groups is 2. The number of carbonyl (C=O) groups excluding carboxylic acids is 1. The molecule has 188 valence electrons. The molecule has 6 heteroatoms. The number of hydrogen-bond acceptors (Lipinski definition) is 4. The van der Waals surface area contributed by atoms with E-state index in [-0.39, 0.29) is 18.4 Å². The molecule has 0 saturated heterocycles. The quantitative estimate of drug-likeness (QED) is 0.294. The van der Waals surface area contributed by atoms with Gasteiger partial charge in [-0.1, -0.05) is 54.6 Å². The monoisotopic (exact) mass is 493 g/mol. The molecule has 1 N–H and O–H groups in total. The molecule has 1 aromatic heterocycles. The molecule has 1 unspecified atom stereocenters. The number of unbranched alkanes of at least 4 members (excludes halogenated alkanes) is 1. The summed E-state index contributed by atoms with van der Waals surface area (Å²) in [6.07, 6.45) is 5.11. The maximum Gasteiger partial charge on any atom is 0.303 e. The van der Waals surface area contributed by atoms with E-state index in [1.165, 1.54) is 11.1 Å². The lowest BCUT2D eigenvalue weighted by Crippen LogP contribution is -2.33. The molecule has 1 aliphatic rings. The van der Waals surface area contributed by atoms with Crippen LogP contribution in [0.1, 0.15) is 65.3 Å². The van der Waals surface area contributed by atoms with E-state index in [1.807, 2.05) is 66.5 Å². The Morgan fingerprint density at radius 2 is 1.73 bits per heavy atom. The first-order valence-corrected chi connectivity index (χ1v) is 12.9. The topological polar surface area (TPSA) is 83.4 Å². The third-order valence-corrected chi connectivity index (χ3v) is 7.21. The average Bonchev–Trinajstić information content (AvgIpc) is 2.94. The van der Waals surface area contributed by atoms with E-state index in [4.69, 9.17) is 15.1 Å². The van der Waals surface area contributed by atoms with Crippen LogP contribution in [0.3, 0.4) is 0 Å². The summed E-state index contributed by atoms with van der Waals surface area (Å²) < 4.78 is 0. The van der Waals surface area contributed by atoms with Gasteiger partial charge in [0.05, 0.1) is 28.5 Å². The molecule has 1 amide bonds. The molecule has 6 nitrogen and oxygen atoms in total. The molecule has 1 atom stereocenters. The van der Waals surface area contributed by atoms with Crippen molar-refractivity contribution >= 4 is 22.9 Å². The van der Waals surface area contributed by atoms with E-state index >= 15 is 0 Å². The minimum atomic E-state index is -0.791. The number of fused-ring (bicyclic) bond motifs is 2. The molecule has 5 rings (SSSR count). The molecule has 0 saturated carbocycles. The Morgan fingerprint density at radius 3 is 2.54 bits per heavy atom. The predicted octanol–water partition coefficient (Wildman–Crippen LogP) is 6.24. The molecule has 0 bridgehead atoms. The van der Waals surface area contributed by atoms with Crippen LogP contribution in [0.5, 0.6) is 0 Å². The molecule has 0 aliphatic heterocycles. The molecule has 4 aromatic rings. The van der Waals surface area contributed by atoms with Crippen LogP contribution in [-0.2, 0) is 17.6 Å². The maximum atomic E-state index is 13.6. The molecule has 1 aliphatic carbocycles. The lowest BCUT2D eigenvalue weighted by molar-refractivity contribution is -0.137. The summed E-state index contributed by atoms with van der Waals surface area (Å²) in [4.78, 5) is 36.2. The first kappa shape index (κ1) is 24.6. The van der Waals surface area contributed by atoms with Crippen molar-refractivity contribution < 1.29 is 14.7 Å². The number of aromatic nitrogens is 2. The van der Waals surface area contributed by atoms with Gasteiger partial charge in [-0.3, -0.25) is 9.59 Å². The van der Waals surface area contributed by atoms with Crippen molar-refractivity contribution in [2.24, 2.45) is 0 Å². The minimum Gasteiger partial charge on any atom is -0.481 e. The molecule has 0 fully saturated rings. The Balaban J connectivity index is 1.46. The van der Waals surface area contributed by atoms with E-state index in [9.17, 15) is 9.59 Å². The Labute approximate surface area is 217 Å². The van der Waals surface area contributed by atoms with Crippen LogP contribution in [-0.4, -0.2) is 38.9 Å². The van der Waals surface area contributed by atoms with Gasteiger partial charge < -0.3 is 10.0 Å². The van der Waals surface area contributed by atoms with Gasteiger partial charge in [0.2, 0.25) is 0 Å². The fourth-order valence-corrected chi connectivity index (χ4v) is 5.27. The van der Waals surface area contributed by atoms with Gasteiger partial charge in [0.25, 0.3) is 5.91 Å². The summed E-state index contributed by atoms with van der Waals surface area (Å²) in [5, 5.41) is 9.00. The normalized spacial score (nSPS) is 14.8. The molecule has 3 aromatic carbocycles. The Morgan fingerprint density at radius 1 is 0.946 bits per heavy atom. The first-order chi connectivity index (χ1) is 18.0. The second kappa shape index (κ2) is 10.9. The van der Waals surface area contributed by atoms with Gasteiger partial charge in [-0.25, -0.2) is 9.97 Å². The van der Waals surface area contributed by atoms with Crippen LogP contribution in [0.15, 0.2) is 72.8 Å². The van der Waals surface area contributed by atoms with Gasteiger partial charge in [0.15, 0.2) is 0 Å². The highest BCUT2D eigenvalue weighted by Gasteiger charge is 2.27. The maximum absolute atomic E-state index is 13.6. The van der Waals surface area contributed by atoms with Crippen molar-refractivity contribution in [2.45, 2.75) is 51.0 Å². The number of benzene rings is 3. The van der Waals surface area contributed by atoms with Crippen molar-refractivity contribution in [1.82, 2.24) is 14.9 Å². The summed E-state index contributed by atoms with van der Waals surface area (Å²) >= 11 is 0. The smallest absolute Gasteiger partial charge is 0.303 e. The highest BCUT2D eigenvalue weighted by molar-refractivity contribution is 5.97. The van der Waals surface area contributed by atoms with E-state index < -0.39 is 5.97 Å². The second-order valence-electron chi connectivity index (χ2n) is 9.71. The van der Waals surface area contributed by atoms with Gasteiger partial charge in [0.1, 0.15) is 0 Å². The highest BCUT2D eigenvalue weighted by Crippen LogP contribution is 2.34. The molecule has 37 heavy (non-hydrogen) atoms. The Hall–Kier alpha value is -4.06. The second-order valence-corrected chi connectivity index (χ2v) is 9.71. The molecular weight excluding hydrogens is 462 g/mol. The van der Waals surface area contributed by atoms with Gasteiger partial charge in [0, 0.05) is 24.6 Å². The van der Waals surface area contributed by atoms with Gasteiger partial charge in [-0.15, -0.1) is 0 Å². The molecule has 1 heterocycles. The zero-order valence-electron chi connectivity index (χ0n) is 21.1. The summed E-state index contributed by atoms with van der Waals surface area (Å²) in [5.41, 5.74) is 7.16. The third-order valence-electron chi connectivity index (χ3n) is 7.21. The van der Waals surface area contributed by atoms with E-state index in [0.717, 1.165) is 41.7 Å². The average molecular weight is 494 g/mol. The lowest BCUT2D eigenvalue weighted by atomic mass is 9.87. The van der Waals surface area contributed by atoms with Crippen LogP contribution < -0.4 is 0 Å². The fourth-order valence-electron chi connectivity index (χ4n) is 5.27. The van der Waals surface area contributed by atoms with Crippen LogP contribution in [0.2, 0.25) is 0 Å². The largest absolute Gasteiger partial charge is 0.481 e. The van der Waals surface area contributed by atoms with Crippen LogP contribution >= 0.6 is 0 Å². The summed E-state index contributed by atoms with van der Waals surface area (Å²) in [6.45, 7) is 0. The van der Waals surface area contributed by atoms with Crippen LogP contribution in [0, 0.1) is 0 Å². The summed E-state index contributed by atoms with van der Waals surface area (Å²) in [5.74, 6) is -0.818. The first-order valence-electron chi connectivity index (χ1n) is 12.9. The zero-order valence-corrected chi connectivity index (χ0v) is 21.1. The van der Waals surface area contributed by atoms with E-state index in [0.29, 0.717) is 30.3 Å². The van der Waals surface area contributed by atoms with Crippen molar-refractivity contribution in [1.29, 1.82) is 0 Å². The van der Waals surface area contributed by atoms with Crippen molar-refractivity contribution in [3.05, 3.63) is 95.2 Å². The SMILES string of the molecule is CN(C(=O)c1ccc2nc(-c3ccccc3)c(CCCCC(=O)O)nc2c1)C1CCCc2ccccc21. The number of carboxylic acids is 1. The summed E-state index contributed by atoms with van der Waals surface area (Å²) in [6, 6.07) is 23.9. The number of nitrogens with zero attached hydrogens (tertiary/aromatic N) is 3. The number of amides is 1. The predicted molar refractivity (Wildman–Crippen MR) is 144 cm³/mol. The van der Waals surface area contributed by atoms with Crippen molar-refractivity contribution in [3.8, 4) is 11.3 Å². The van der Waals surface area contributed by atoms with Crippen molar-refractivity contribution in [2.75, 3.05) is 7.05 Å². The summed E-state index contributed by atoms with van der Waals surface area (Å²) in [7, 11) is 1.89. The van der Waals surface area contributed by atoms with Gasteiger partial charge >= 0.3 is 5.97 Å². The van der Waals surface area contributed by atoms with Crippen LogP contribution in [0.25, 0.3) is 22.3 Å². The minimum absolute atomic E-state index is 0.0273. The number of carboxylic acid groups (broad SMARTS) is 1. The van der Waals surface area contributed by atoms with E-state index in [2.05, 4.69) is 18.2 Å². The lowest BCUT2D eigenvalue weighted by Gasteiger charge is -2.33. The molecular formula is C31H31N3O3. The van der Waals surface area contributed by atoms with Crippen LogP contribution in [0.4, 0.5) is 0 Å². The van der Waals surface area contributed by atoms with Crippen molar-refractivity contribution in [3.63, 3.8) is 0 Å². The molecule has 0 spiro atoms. The number of hydrogen-bond donors (Lipinski definition) is 1. The number of aliphatic carboxylic acids is 1.